The zero-order chi connectivity index (χ0) is 12.0. The Bertz CT molecular complexity index is 313. The molecule has 0 spiro atoms. The van der Waals surface area contributed by atoms with E-state index in [4.69, 9.17) is 4.74 Å². The van der Waals surface area contributed by atoms with Crippen LogP contribution in [-0.4, -0.2) is 26.3 Å². The van der Waals surface area contributed by atoms with Gasteiger partial charge in [-0.25, -0.2) is 0 Å². The van der Waals surface area contributed by atoms with Crippen molar-refractivity contribution in [1.29, 1.82) is 0 Å². The van der Waals surface area contributed by atoms with E-state index in [0.29, 0.717) is 6.04 Å². The van der Waals surface area contributed by atoms with Crippen molar-refractivity contribution in [1.82, 2.24) is 5.32 Å². The zero-order valence-electron chi connectivity index (χ0n) is 10.2. The fraction of sp³-hybridized carbons (Fsp3) is 0.538. The number of methoxy groups -OCH3 is 1. The van der Waals surface area contributed by atoms with Crippen LogP contribution in [0.25, 0.3) is 0 Å². The fourth-order valence-corrected chi connectivity index (χ4v) is 2.38. The predicted molar refractivity (Wildman–Crippen MR) is 71.8 cm³/mol. The number of hydrogen-bond donors (Lipinski definition) is 1. The maximum absolute atomic E-state index is 5.49. The first-order chi connectivity index (χ1) is 7.72. The first kappa shape index (κ1) is 13.7. The van der Waals surface area contributed by atoms with Crippen LogP contribution >= 0.6 is 15.9 Å². The lowest BCUT2D eigenvalue weighted by atomic mass is 10.00. The number of likely N-dealkylation sites (N-methyl/N-ethyl adjacent to an activating group) is 1. The lowest BCUT2D eigenvalue weighted by molar-refractivity contribution is 0.0677. The van der Waals surface area contributed by atoms with Gasteiger partial charge >= 0.3 is 0 Å². The minimum Gasteiger partial charge on any atom is -0.380 e. The van der Waals surface area contributed by atoms with Gasteiger partial charge in [0.2, 0.25) is 0 Å². The Balaban J connectivity index is 2.73. The molecule has 2 atom stereocenters. The van der Waals surface area contributed by atoms with Gasteiger partial charge in [0.1, 0.15) is 0 Å². The molecule has 0 fully saturated rings. The molecule has 90 valence electrons. The number of ether oxygens (including phenoxy) is 1. The van der Waals surface area contributed by atoms with E-state index in [9.17, 15) is 0 Å². The molecule has 0 aliphatic heterocycles. The monoisotopic (exact) mass is 285 g/mol. The molecule has 2 unspecified atom stereocenters. The second kappa shape index (κ2) is 7.05. The molecule has 0 amide bonds. The molecule has 0 radical (unpaired) electrons. The fourth-order valence-electron chi connectivity index (χ4n) is 1.94. The largest absolute Gasteiger partial charge is 0.380 e. The van der Waals surface area contributed by atoms with Crippen molar-refractivity contribution in [3.63, 3.8) is 0 Å². The van der Waals surface area contributed by atoms with Crippen molar-refractivity contribution in [3.05, 3.63) is 34.3 Å². The lowest BCUT2D eigenvalue weighted by Crippen LogP contribution is -2.40. The second-order valence-corrected chi connectivity index (χ2v) is 4.73. The molecule has 2 nitrogen and oxygen atoms in total. The highest BCUT2D eigenvalue weighted by molar-refractivity contribution is 9.10. The standard InChI is InChI=1S/C13H20BrNO/c1-4-13(16-3)12(15-2)9-10-7-5-6-8-11(10)14/h5-8,12-13,15H,4,9H2,1-3H3. The van der Waals surface area contributed by atoms with Crippen molar-refractivity contribution in [2.24, 2.45) is 0 Å². The Hall–Kier alpha value is -0.380. The summed E-state index contributed by atoms with van der Waals surface area (Å²) >= 11 is 3.58. The molecule has 0 aliphatic carbocycles. The van der Waals surface area contributed by atoms with E-state index in [1.807, 2.05) is 13.1 Å². The minimum absolute atomic E-state index is 0.261. The number of benzene rings is 1. The second-order valence-electron chi connectivity index (χ2n) is 3.87. The highest BCUT2D eigenvalue weighted by Crippen LogP contribution is 2.19. The summed E-state index contributed by atoms with van der Waals surface area (Å²) in [5.41, 5.74) is 1.32. The summed E-state index contributed by atoms with van der Waals surface area (Å²) in [5, 5.41) is 3.33. The van der Waals surface area contributed by atoms with Crippen LogP contribution in [0.15, 0.2) is 28.7 Å². The molecule has 0 saturated heterocycles. The van der Waals surface area contributed by atoms with Crippen LogP contribution in [0.5, 0.6) is 0 Å². The molecule has 3 heteroatoms. The van der Waals surface area contributed by atoms with Crippen molar-refractivity contribution in [2.75, 3.05) is 14.2 Å². The van der Waals surface area contributed by atoms with Crippen LogP contribution in [-0.2, 0) is 11.2 Å². The van der Waals surface area contributed by atoms with E-state index in [1.165, 1.54) is 10.0 Å². The molecule has 1 N–H and O–H groups in total. The van der Waals surface area contributed by atoms with E-state index in [1.54, 1.807) is 7.11 Å². The molecule has 0 saturated carbocycles. The molecule has 0 aliphatic rings. The number of hydrogen-bond acceptors (Lipinski definition) is 2. The Morgan fingerprint density at radius 3 is 2.56 bits per heavy atom. The average molecular weight is 286 g/mol. The third kappa shape index (κ3) is 3.58. The summed E-state index contributed by atoms with van der Waals surface area (Å²) in [4.78, 5) is 0. The quantitative estimate of drug-likeness (QED) is 0.868. The van der Waals surface area contributed by atoms with Gasteiger partial charge in [-0.3, -0.25) is 0 Å². The van der Waals surface area contributed by atoms with Crippen molar-refractivity contribution < 1.29 is 4.74 Å². The summed E-state index contributed by atoms with van der Waals surface area (Å²) in [7, 11) is 3.77. The van der Waals surface area contributed by atoms with Gasteiger partial charge in [0.15, 0.2) is 0 Å². The van der Waals surface area contributed by atoms with E-state index in [2.05, 4.69) is 46.4 Å². The third-order valence-corrected chi connectivity index (χ3v) is 3.70. The van der Waals surface area contributed by atoms with Crippen LogP contribution < -0.4 is 5.32 Å². The van der Waals surface area contributed by atoms with Crippen LogP contribution in [0.4, 0.5) is 0 Å². The van der Waals surface area contributed by atoms with E-state index in [0.717, 1.165) is 12.8 Å². The SMILES string of the molecule is CCC(OC)C(Cc1ccccc1Br)NC. The van der Waals surface area contributed by atoms with Gasteiger partial charge in [0.25, 0.3) is 0 Å². The van der Waals surface area contributed by atoms with Gasteiger partial charge in [-0.15, -0.1) is 0 Å². The Kier molecular flexibility index (Phi) is 6.03. The van der Waals surface area contributed by atoms with Gasteiger partial charge in [0.05, 0.1) is 6.10 Å². The van der Waals surface area contributed by atoms with Gasteiger partial charge in [-0.2, -0.15) is 0 Å². The van der Waals surface area contributed by atoms with Gasteiger partial charge in [-0.1, -0.05) is 41.1 Å². The van der Waals surface area contributed by atoms with Gasteiger partial charge < -0.3 is 10.1 Å². The lowest BCUT2D eigenvalue weighted by Gasteiger charge is -2.25. The van der Waals surface area contributed by atoms with Crippen LogP contribution in [0.1, 0.15) is 18.9 Å². The van der Waals surface area contributed by atoms with E-state index < -0.39 is 0 Å². The first-order valence-electron chi connectivity index (χ1n) is 5.66. The first-order valence-corrected chi connectivity index (χ1v) is 6.45. The topological polar surface area (TPSA) is 21.3 Å². The Labute approximate surface area is 107 Å². The van der Waals surface area contributed by atoms with Crippen LogP contribution in [0, 0.1) is 0 Å². The molecule has 1 rings (SSSR count). The minimum atomic E-state index is 0.261. The molecule has 0 aromatic heterocycles. The Morgan fingerprint density at radius 2 is 2.06 bits per heavy atom. The predicted octanol–water partition coefficient (Wildman–Crippen LogP) is 3.00. The number of halogens is 1. The molecular formula is C13H20BrNO. The van der Waals surface area contributed by atoms with Crippen LogP contribution in [0.3, 0.4) is 0 Å². The average Bonchev–Trinajstić information content (AvgIpc) is 2.31. The molecule has 0 bridgehead atoms. The summed E-state index contributed by atoms with van der Waals surface area (Å²) in [6.07, 6.45) is 2.26. The molecule has 0 heterocycles. The highest BCUT2D eigenvalue weighted by Gasteiger charge is 2.18. The van der Waals surface area contributed by atoms with Crippen LogP contribution in [0.2, 0.25) is 0 Å². The number of rotatable bonds is 6. The van der Waals surface area contributed by atoms with Gasteiger partial charge in [-0.05, 0) is 31.5 Å². The zero-order valence-corrected chi connectivity index (χ0v) is 11.8. The van der Waals surface area contributed by atoms with Gasteiger partial charge in [0, 0.05) is 17.6 Å². The molecule has 1 aromatic carbocycles. The normalized spacial score (nSPS) is 14.8. The number of nitrogens with one attached hydrogen (secondary N) is 1. The molecule has 16 heavy (non-hydrogen) atoms. The van der Waals surface area contributed by atoms with E-state index in [-0.39, 0.29) is 6.10 Å². The highest BCUT2D eigenvalue weighted by atomic mass is 79.9. The molecular weight excluding hydrogens is 266 g/mol. The summed E-state index contributed by atoms with van der Waals surface area (Å²) < 4.78 is 6.65. The molecule has 1 aromatic rings. The maximum atomic E-state index is 5.49. The smallest absolute Gasteiger partial charge is 0.0724 e. The Morgan fingerprint density at radius 1 is 1.38 bits per heavy atom. The third-order valence-electron chi connectivity index (χ3n) is 2.92. The summed E-state index contributed by atoms with van der Waals surface area (Å²) in [6, 6.07) is 8.69. The van der Waals surface area contributed by atoms with Crippen molar-refractivity contribution in [3.8, 4) is 0 Å². The summed E-state index contributed by atoms with van der Waals surface area (Å²) in [6.45, 7) is 2.15. The van der Waals surface area contributed by atoms with E-state index >= 15 is 0 Å². The maximum Gasteiger partial charge on any atom is 0.0724 e. The summed E-state index contributed by atoms with van der Waals surface area (Å²) in [5.74, 6) is 0. The van der Waals surface area contributed by atoms with Crippen molar-refractivity contribution in [2.45, 2.75) is 31.9 Å². The van der Waals surface area contributed by atoms with Crippen molar-refractivity contribution >= 4 is 15.9 Å².